The van der Waals surface area contributed by atoms with E-state index in [9.17, 15) is 0 Å². The van der Waals surface area contributed by atoms with Crippen molar-refractivity contribution in [1.29, 1.82) is 0 Å². The van der Waals surface area contributed by atoms with Gasteiger partial charge in [0, 0.05) is 30.9 Å². The van der Waals surface area contributed by atoms with Crippen molar-refractivity contribution < 1.29 is 0 Å². The van der Waals surface area contributed by atoms with E-state index in [0.29, 0.717) is 0 Å². The van der Waals surface area contributed by atoms with E-state index in [1.165, 1.54) is 32.9 Å². The topological polar surface area (TPSA) is 15.3 Å². The molecule has 0 radical (unpaired) electrons. The highest BCUT2D eigenvalue weighted by molar-refractivity contribution is 6.20. The molecule has 2 nitrogen and oxygen atoms in total. The summed E-state index contributed by atoms with van der Waals surface area (Å²) in [6, 6.07) is 17.4. The smallest absolute Gasteiger partial charge is 0.0686 e. The molecule has 0 fully saturated rings. The molecule has 0 saturated heterocycles. The Morgan fingerprint density at radius 1 is 0.842 bits per heavy atom. The molecule has 94 valence electrons. The summed E-state index contributed by atoms with van der Waals surface area (Å²) < 4.78 is 0. The van der Waals surface area contributed by atoms with Crippen molar-refractivity contribution in [3.8, 4) is 0 Å². The summed E-state index contributed by atoms with van der Waals surface area (Å²) in [6.45, 7) is 2.06. The largest absolute Gasteiger partial charge is 0.381 e. The van der Waals surface area contributed by atoms with Gasteiger partial charge in [0.25, 0.3) is 0 Å². The van der Waals surface area contributed by atoms with E-state index in [0.717, 1.165) is 13.1 Å². The van der Waals surface area contributed by atoms with Gasteiger partial charge in [-0.1, -0.05) is 48.5 Å². The van der Waals surface area contributed by atoms with Crippen LogP contribution in [0.5, 0.6) is 0 Å². The highest BCUT2D eigenvalue weighted by atomic mass is 15.2. The minimum atomic E-state index is 1.01. The fraction of sp³-hybridized carbons (Fsp3) is 0.176. The maximum atomic E-state index is 3.59. The van der Waals surface area contributed by atoms with Crippen LogP contribution >= 0.6 is 0 Å². The van der Waals surface area contributed by atoms with Gasteiger partial charge in [-0.05, 0) is 10.8 Å². The second-order valence-electron chi connectivity index (χ2n) is 5.16. The molecule has 0 amide bonds. The minimum absolute atomic E-state index is 1.01. The van der Waals surface area contributed by atoms with Crippen molar-refractivity contribution in [3.05, 3.63) is 48.5 Å². The van der Waals surface area contributed by atoms with Crippen molar-refractivity contribution >= 4 is 32.9 Å². The van der Waals surface area contributed by atoms with E-state index in [4.69, 9.17) is 0 Å². The number of fused-ring (bicyclic) bond motifs is 6. The Bertz CT molecular complexity index is 777. The van der Waals surface area contributed by atoms with Gasteiger partial charge in [-0.15, -0.1) is 0 Å². The van der Waals surface area contributed by atoms with Crippen molar-refractivity contribution in [3.63, 3.8) is 0 Å². The van der Waals surface area contributed by atoms with Gasteiger partial charge in [0.2, 0.25) is 0 Å². The molecule has 4 rings (SSSR count). The maximum Gasteiger partial charge on any atom is 0.0686 e. The van der Waals surface area contributed by atoms with Crippen LogP contribution in [0.1, 0.15) is 0 Å². The molecule has 1 aliphatic heterocycles. The van der Waals surface area contributed by atoms with E-state index < -0.39 is 0 Å². The normalized spacial score (nSPS) is 14.5. The predicted octanol–water partition coefficient (Wildman–Crippen LogP) is 3.85. The number of nitrogens with one attached hydrogen (secondary N) is 1. The fourth-order valence-corrected chi connectivity index (χ4v) is 3.16. The first-order valence-electron chi connectivity index (χ1n) is 6.75. The lowest BCUT2D eigenvalue weighted by Crippen LogP contribution is -2.30. The zero-order valence-corrected chi connectivity index (χ0v) is 11.0. The lowest BCUT2D eigenvalue weighted by atomic mass is 9.96. The predicted molar refractivity (Wildman–Crippen MR) is 83.2 cm³/mol. The summed E-state index contributed by atoms with van der Waals surface area (Å²) in [7, 11) is 2.18. The standard InChI is InChI=1S/C17H16N2/c1-19-11-10-18-16-14-8-4-2-6-12(14)13-7-3-5-9-15(13)17(16)19/h2-9,18H,10-11H2,1H3. The molecule has 2 heteroatoms. The SMILES string of the molecule is CN1CCNc2c1c1ccccc1c1ccccc21. The van der Waals surface area contributed by atoms with Gasteiger partial charge in [0.05, 0.1) is 11.4 Å². The third-order valence-electron chi connectivity index (χ3n) is 4.04. The summed E-state index contributed by atoms with van der Waals surface area (Å²) in [5.41, 5.74) is 2.61. The first-order valence-corrected chi connectivity index (χ1v) is 6.75. The highest BCUT2D eigenvalue weighted by Crippen LogP contribution is 2.42. The van der Waals surface area contributed by atoms with Crippen LogP contribution in [0.4, 0.5) is 11.4 Å². The van der Waals surface area contributed by atoms with Crippen LogP contribution in [0.3, 0.4) is 0 Å². The Morgan fingerprint density at radius 2 is 1.42 bits per heavy atom. The van der Waals surface area contributed by atoms with Gasteiger partial charge in [0.1, 0.15) is 0 Å². The number of hydrogen-bond donors (Lipinski definition) is 1. The Hall–Kier alpha value is -2.22. The van der Waals surface area contributed by atoms with Crippen LogP contribution in [0.25, 0.3) is 21.5 Å². The lowest BCUT2D eigenvalue weighted by Gasteiger charge is -2.31. The van der Waals surface area contributed by atoms with Gasteiger partial charge in [-0.3, -0.25) is 0 Å². The van der Waals surface area contributed by atoms with Gasteiger partial charge < -0.3 is 10.2 Å². The number of benzene rings is 3. The summed E-state index contributed by atoms with van der Waals surface area (Å²) in [6.07, 6.45) is 0. The number of hydrogen-bond acceptors (Lipinski definition) is 2. The average molecular weight is 248 g/mol. The average Bonchev–Trinajstić information content (AvgIpc) is 2.47. The number of rotatable bonds is 0. The summed E-state index contributed by atoms with van der Waals surface area (Å²) in [5, 5.41) is 8.92. The Balaban J connectivity index is 2.28. The molecule has 0 saturated carbocycles. The quantitative estimate of drug-likeness (QED) is 0.608. The van der Waals surface area contributed by atoms with E-state index in [1.54, 1.807) is 0 Å². The molecular weight excluding hydrogens is 232 g/mol. The molecule has 1 aliphatic rings. The zero-order chi connectivity index (χ0) is 12.8. The van der Waals surface area contributed by atoms with E-state index in [2.05, 4.69) is 65.8 Å². The highest BCUT2D eigenvalue weighted by Gasteiger charge is 2.19. The molecule has 0 spiro atoms. The van der Waals surface area contributed by atoms with Gasteiger partial charge >= 0.3 is 0 Å². The zero-order valence-electron chi connectivity index (χ0n) is 11.0. The third-order valence-corrected chi connectivity index (χ3v) is 4.04. The molecule has 0 bridgehead atoms. The van der Waals surface area contributed by atoms with Crippen LogP contribution < -0.4 is 10.2 Å². The molecule has 19 heavy (non-hydrogen) atoms. The van der Waals surface area contributed by atoms with E-state index in [1.807, 2.05) is 0 Å². The van der Waals surface area contributed by atoms with E-state index >= 15 is 0 Å². The summed E-state index contributed by atoms with van der Waals surface area (Å²) in [5.74, 6) is 0. The van der Waals surface area contributed by atoms with Gasteiger partial charge in [-0.25, -0.2) is 0 Å². The van der Waals surface area contributed by atoms with Gasteiger partial charge in [-0.2, -0.15) is 0 Å². The molecule has 3 aromatic rings. The van der Waals surface area contributed by atoms with E-state index in [-0.39, 0.29) is 0 Å². The maximum absolute atomic E-state index is 3.59. The first-order chi connectivity index (χ1) is 9.36. The number of likely N-dealkylation sites (N-methyl/N-ethyl adjacent to an activating group) is 1. The fourth-order valence-electron chi connectivity index (χ4n) is 3.16. The Kier molecular flexibility index (Phi) is 2.18. The lowest BCUT2D eigenvalue weighted by molar-refractivity contribution is 0.894. The number of nitrogens with zero attached hydrogens (tertiary/aromatic N) is 1. The molecule has 1 heterocycles. The van der Waals surface area contributed by atoms with Crippen molar-refractivity contribution in [2.24, 2.45) is 0 Å². The van der Waals surface area contributed by atoms with Crippen LogP contribution in [-0.2, 0) is 0 Å². The number of anilines is 2. The minimum Gasteiger partial charge on any atom is -0.381 e. The Labute approximate surface area is 112 Å². The monoisotopic (exact) mass is 248 g/mol. The molecule has 1 N–H and O–H groups in total. The third kappa shape index (κ3) is 1.43. The molecule has 0 aliphatic carbocycles. The van der Waals surface area contributed by atoms with Crippen molar-refractivity contribution in [2.75, 3.05) is 30.4 Å². The molecule has 0 aromatic heterocycles. The molecule has 0 atom stereocenters. The summed E-state index contributed by atoms with van der Waals surface area (Å²) in [4.78, 5) is 2.36. The second kappa shape index (κ2) is 3.89. The van der Waals surface area contributed by atoms with Crippen LogP contribution in [0.2, 0.25) is 0 Å². The molecular formula is C17H16N2. The van der Waals surface area contributed by atoms with Gasteiger partial charge in [0.15, 0.2) is 0 Å². The summed E-state index contributed by atoms with van der Waals surface area (Å²) >= 11 is 0. The van der Waals surface area contributed by atoms with Crippen LogP contribution in [-0.4, -0.2) is 20.1 Å². The van der Waals surface area contributed by atoms with Crippen molar-refractivity contribution in [1.82, 2.24) is 0 Å². The van der Waals surface area contributed by atoms with Crippen LogP contribution in [0, 0.1) is 0 Å². The second-order valence-corrected chi connectivity index (χ2v) is 5.16. The Morgan fingerprint density at radius 3 is 2.16 bits per heavy atom. The van der Waals surface area contributed by atoms with Crippen molar-refractivity contribution in [2.45, 2.75) is 0 Å². The van der Waals surface area contributed by atoms with Crippen LogP contribution in [0.15, 0.2) is 48.5 Å². The first kappa shape index (κ1) is 10.7. The molecule has 3 aromatic carbocycles. The molecule has 0 unspecified atom stereocenters.